The van der Waals surface area contributed by atoms with Gasteiger partial charge in [0.2, 0.25) is 5.91 Å². The lowest BCUT2D eigenvalue weighted by Gasteiger charge is -2.36. The van der Waals surface area contributed by atoms with Crippen molar-refractivity contribution in [2.75, 3.05) is 38.2 Å². The first-order valence-electron chi connectivity index (χ1n) is 8.08. The van der Waals surface area contributed by atoms with Crippen molar-refractivity contribution in [3.8, 4) is 5.75 Å². The molecule has 126 valence electrons. The Morgan fingerprint density at radius 1 is 1.04 bits per heavy atom. The summed E-state index contributed by atoms with van der Waals surface area (Å²) in [6.07, 6.45) is 0.355. The van der Waals surface area contributed by atoms with E-state index in [-0.39, 0.29) is 5.91 Å². The normalized spacial score (nSPS) is 14.6. The van der Waals surface area contributed by atoms with Crippen molar-refractivity contribution in [3.05, 3.63) is 59.1 Å². The Bertz CT molecular complexity index is 712. The molecule has 1 heterocycles. The number of anilines is 1. The zero-order valence-electron chi connectivity index (χ0n) is 13.7. The lowest BCUT2D eigenvalue weighted by atomic mass is 10.1. The van der Waals surface area contributed by atoms with Crippen molar-refractivity contribution in [3.63, 3.8) is 0 Å². The second-order valence-electron chi connectivity index (χ2n) is 5.81. The minimum absolute atomic E-state index is 0.128. The number of hydrogen-bond acceptors (Lipinski definition) is 3. The highest BCUT2D eigenvalue weighted by Gasteiger charge is 2.23. The zero-order chi connectivity index (χ0) is 16.9. The molecule has 1 amide bonds. The standard InChI is InChI=1S/C19H21ClN2O2/c1-24-18-9-5-4-8-17(18)21-10-12-22(13-11-21)19(23)14-15-6-2-3-7-16(15)20/h2-9H,10-14H2,1H3. The molecule has 0 atom stereocenters. The third-order valence-corrected chi connectivity index (χ3v) is 4.73. The highest BCUT2D eigenvalue weighted by molar-refractivity contribution is 6.31. The van der Waals surface area contributed by atoms with Gasteiger partial charge in [-0.05, 0) is 23.8 Å². The Kier molecular flexibility index (Phi) is 5.26. The summed E-state index contributed by atoms with van der Waals surface area (Å²) in [7, 11) is 1.68. The largest absolute Gasteiger partial charge is 0.495 e. The summed E-state index contributed by atoms with van der Waals surface area (Å²) in [5, 5.41) is 0.651. The van der Waals surface area contributed by atoms with E-state index in [2.05, 4.69) is 11.0 Å². The molecule has 0 saturated carbocycles. The fraction of sp³-hybridized carbons (Fsp3) is 0.316. The van der Waals surface area contributed by atoms with Gasteiger partial charge >= 0.3 is 0 Å². The number of carbonyl (C=O) groups is 1. The first-order valence-corrected chi connectivity index (χ1v) is 8.46. The van der Waals surface area contributed by atoms with Gasteiger partial charge in [0.1, 0.15) is 5.75 Å². The van der Waals surface area contributed by atoms with Gasteiger partial charge in [0.25, 0.3) is 0 Å². The SMILES string of the molecule is COc1ccccc1N1CCN(C(=O)Cc2ccccc2Cl)CC1. The van der Waals surface area contributed by atoms with Crippen LogP contribution in [0.5, 0.6) is 5.75 Å². The molecule has 0 N–H and O–H groups in total. The summed E-state index contributed by atoms with van der Waals surface area (Å²) in [5.74, 6) is 0.996. The van der Waals surface area contributed by atoms with Crippen molar-refractivity contribution in [2.45, 2.75) is 6.42 Å². The maximum Gasteiger partial charge on any atom is 0.227 e. The van der Waals surface area contributed by atoms with E-state index in [1.807, 2.05) is 47.4 Å². The Morgan fingerprint density at radius 2 is 1.71 bits per heavy atom. The van der Waals surface area contributed by atoms with E-state index < -0.39 is 0 Å². The summed E-state index contributed by atoms with van der Waals surface area (Å²) >= 11 is 6.15. The van der Waals surface area contributed by atoms with Crippen molar-refractivity contribution >= 4 is 23.2 Å². The lowest BCUT2D eigenvalue weighted by Crippen LogP contribution is -2.49. The van der Waals surface area contributed by atoms with Gasteiger partial charge in [-0.2, -0.15) is 0 Å². The number of para-hydroxylation sites is 2. The Morgan fingerprint density at radius 3 is 2.42 bits per heavy atom. The first kappa shape index (κ1) is 16.7. The maximum atomic E-state index is 12.5. The molecule has 4 nitrogen and oxygen atoms in total. The van der Waals surface area contributed by atoms with Crippen LogP contribution in [0.3, 0.4) is 0 Å². The summed E-state index contributed by atoms with van der Waals surface area (Å²) in [6, 6.07) is 15.5. The van der Waals surface area contributed by atoms with Crippen molar-refractivity contribution in [1.29, 1.82) is 0 Å². The van der Waals surface area contributed by atoms with Crippen molar-refractivity contribution in [2.24, 2.45) is 0 Å². The topological polar surface area (TPSA) is 32.8 Å². The van der Waals surface area contributed by atoms with E-state index in [0.29, 0.717) is 24.5 Å². The first-order chi connectivity index (χ1) is 11.7. The third-order valence-electron chi connectivity index (χ3n) is 4.36. The molecule has 0 aromatic heterocycles. The number of carbonyl (C=O) groups excluding carboxylic acids is 1. The van der Waals surface area contributed by atoms with Crippen LogP contribution in [0.4, 0.5) is 5.69 Å². The molecular formula is C19H21ClN2O2. The molecular weight excluding hydrogens is 324 g/mol. The van der Waals surface area contributed by atoms with Crippen molar-refractivity contribution in [1.82, 2.24) is 4.90 Å². The summed E-state index contributed by atoms with van der Waals surface area (Å²) in [6.45, 7) is 3.02. The molecule has 1 aliphatic heterocycles. The number of amides is 1. The van der Waals surface area contributed by atoms with Crippen LogP contribution in [-0.4, -0.2) is 44.1 Å². The van der Waals surface area contributed by atoms with E-state index in [4.69, 9.17) is 16.3 Å². The summed E-state index contributed by atoms with van der Waals surface area (Å²) in [4.78, 5) is 16.7. The average molecular weight is 345 g/mol. The fourth-order valence-electron chi connectivity index (χ4n) is 3.00. The molecule has 5 heteroatoms. The van der Waals surface area contributed by atoms with Crippen LogP contribution in [0.15, 0.2) is 48.5 Å². The minimum Gasteiger partial charge on any atom is -0.495 e. The van der Waals surface area contributed by atoms with Gasteiger partial charge in [-0.25, -0.2) is 0 Å². The molecule has 2 aromatic carbocycles. The molecule has 1 saturated heterocycles. The van der Waals surface area contributed by atoms with Crippen LogP contribution in [0, 0.1) is 0 Å². The second kappa shape index (κ2) is 7.58. The Balaban J connectivity index is 1.61. The molecule has 0 radical (unpaired) electrons. The number of piperazine rings is 1. The fourth-order valence-corrected chi connectivity index (χ4v) is 3.21. The molecule has 0 unspecified atom stereocenters. The zero-order valence-corrected chi connectivity index (χ0v) is 14.5. The van der Waals surface area contributed by atoms with E-state index in [1.54, 1.807) is 7.11 Å². The molecule has 0 spiro atoms. The Labute approximate surface area is 147 Å². The van der Waals surface area contributed by atoms with Crippen LogP contribution < -0.4 is 9.64 Å². The van der Waals surface area contributed by atoms with Crippen LogP contribution in [0.1, 0.15) is 5.56 Å². The average Bonchev–Trinajstić information content (AvgIpc) is 2.63. The van der Waals surface area contributed by atoms with E-state index in [0.717, 1.165) is 30.1 Å². The predicted molar refractivity (Wildman–Crippen MR) is 96.9 cm³/mol. The number of nitrogens with zero attached hydrogens (tertiary/aromatic N) is 2. The van der Waals surface area contributed by atoms with Gasteiger partial charge in [-0.15, -0.1) is 0 Å². The smallest absolute Gasteiger partial charge is 0.227 e. The molecule has 0 bridgehead atoms. The number of methoxy groups -OCH3 is 1. The van der Waals surface area contributed by atoms with Crippen LogP contribution >= 0.6 is 11.6 Å². The molecule has 2 aromatic rings. The number of halogens is 1. The monoisotopic (exact) mass is 344 g/mol. The Hall–Kier alpha value is -2.20. The number of rotatable bonds is 4. The van der Waals surface area contributed by atoms with Crippen LogP contribution in [0.2, 0.25) is 5.02 Å². The van der Waals surface area contributed by atoms with Crippen molar-refractivity contribution < 1.29 is 9.53 Å². The molecule has 0 aliphatic carbocycles. The highest BCUT2D eigenvalue weighted by Crippen LogP contribution is 2.28. The molecule has 1 fully saturated rings. The third kappa shape index (κ3) is 3.65. The van der Waals surface area contributed by atoms with Gasteiger partial charge < -0.3 is 14.5 Å². The van der Waals surface area contributed by atoms with Gasteiger partial charge in [0.05, 0.1) is 19.2 Å². The maximum absolute atomic E-state index is 12.5. The lowest BCUT2D eigenvalue weighted by molar-refractivity contribution is -0.130. The van der Waals surface area contributed by atoms with E-state index in [9.17, 15) is 4.79 Å². The van der Waals surface area contributed by atoms with E-state index in [1.165, 1.54) is 0 Å². The van der Waals surface area contributed by atoms with Gasteiger partial charge in [-0.3, -0.25) is 4.79 Å². The minimum atomic E-state index is 0.128. The predicted octanol–water partition coefficient (Wildman–Crippen LogP) is 3.24. The number of hydrogen-bond donors (Lipinski definition) is 0. The van der Waals surface area contributed by atoms with Gasteiger partial charge in [-0.1, -0.05) is 41.9 Å². The summed E-state index contributed by atoms with van der Waals surface area (Å²) < 4.78 is 5.43. The van der Waals surface area contributed by atoms with Crippen LogP contribution in [0.25, 0.3) is 0 Å². The number of benzene rings is 2. The highest BCUT2D eigenvalue weighted by atomic mass is 35.5. The molecule has 24 heavy (non-hydrogen) atoms. The molecule has 1 aliphatic rings. The van der Waals surface area contributed by atoms with Crippen LogP contribution in [-0.2, 0) is 11.2 Å². The van der Waals surface area contributed by atoms with Gasteiger partial charge in [0, 0.05) is 31.2 Å². The molecule has 3 rings (SSSR count). The van der Waals surface area contributed by atoms with E-state index >= 15 is 0 Å². The second-order valence-corrected chi connectivity index (χ2v) is 6.22. The summed E-state index contributed by atoms with van der Waals surface area (Å²) in [5.41, 5.74) is 1.97. The number of ether oxygens (including phenoxy) is 1. The quantitative estimate of drug-likeness (QED) is 0.853. The van der Waals surface area contributed by atoms with Gasteiger partial charge in [0.15, 0.2) is 0 Å².